The number of aromatic carboxylic acids is 1. The van der Waals surface area contributed by atoms with E-state index in [0.717, 1.165) is 12.8 Å². The van der Waals surface area contributed by atoms with Crippen molar-refractivity contribution in [2.24, 2.45) is 5.92 Å². The zero-order chi connectivity index (χ0) is 14.7. The molecule has 0 aromatic carbocycles. The van der Waals surface area contributed by atoms with Crippen molar-refractivity contribution in [2.45, 2.75) is 25.8 Å². The highest BCUT2D eigenvalue weighted by atomic mass is 16.5. The molecule has 20 heavy (non-hydrogen) atoms. The molecule has 1 fully saturated rings. The standard InChI is InChI=1S/C14H19NO5/c1-9(10-3-4-10)15(7-8-19-2)13(16)11-5-6-12(20-11)14(17)18/h5-6,9-10H,3-4,7-8H2,1-2H3,(H,17,18). The van der Waals surface area contributed by atoms with Crippen LogP contribution in [-0.4, -0.2) is 48.2 Å². The van der Waals surface area contributed by atoms with Crippen LogP contribution in [0.4, 0.5) is 0 Å². The van der Waals surface area contributed by atoms with E-state index < -0.39 is 5.97 Å². The van der Waals surface area contributed by atoms with E-state index in [-0.39, 0.29) is 23.5 Å². The monoisotopic (exact) mass is 281 g/mol. The number of methoxy groups -OCH3 is 1. The highest BCUT2D eigenvalue weighted by Gasteiger charge is 2.35. The largest absolute Gasteiger partial charge is 0.475 e. The molecule has 1 aromatic heterocycles. The van der Waals surface area contributed by atoms with Crippen LogP contribution in [0.1, 0.15) is 40.9 Å². The molecule has 0 aliphatic heterocycles. The van der Waals surface area contributed by atoms with Crippen LogP contribution < -0.4 is 0 Å². The molecule has 110 valence electrons. The Labute approximate surface area is 117 Å². The van der Waals surface area contributed by atoms with E-state index in [4.69, 9.17) is 14.3 Å². The van der Waals surface area contributed by atoms with Gasteiger partial charge in [0.2, 0.25) is 5.76 Å². The Balaban J connectivity index is 2.13. The van der Waals surface area contributed by atoms with Gasteiger partial charge in [-0.05, 0) is 37.8 Å². The van der Waals surface area contributed by atoms with Crippen molar-refractivity contribution >= 4 is 11.9 Å². The van der Waals surface area contributed by atoms with Crippen LogP contribution in [0.2, 0.25) is 0 Å². The molecule has 1 atom stereocenters. The molecule has 1 unspecified atom stereocenters. The van der Waals surface area contributed by atoms with E-state index in [2.05, 4.69) is 0 Å². The van der Waals surface area contributed by atoms with Crippen molar-refractivity contribution < 1.29 is 23.8 Å². The molecule has 1 aromatic rings. The maximum absolute atomic E-state index is 12.4. The first kappa shape index (κ1) is 14.6. The fourth-order valence-corrected chi connectivity index (χ4v) is 2.22. The smallest absolute Gasteiger partial charge is 0.371 e. The van der Waals surface area contributed by atoms with Gasteiger partial charge in [0, 0.05) is 19.7 Å². The van der Waals surface area contributed by atoms with Crippen LogP contribution in [0, 0.1) is 5.92 Å². The molecule has 1 amide bonds. The van der Waals surface area contributed by atoms with Crippen LogP contribution in [0.15, 0.2) is 16.5 Å². The minimum atomic E-state index is -1.18. The Morgan fingerprint density at radius 2 is 2.10 bits per heavy atom. The number of amides is 1. The lowest BCUT2D eigenvalue weighted by Gasteiger charge is -2.28. The Hall–Kier alpha value is -1.82. The molecule has 0 saturated heterocycles. The summed E-state index contributed by atoms with van der Waals surface area (Å²) in [4.78, 5) is 24.9. The zero-order valence-electron chi connectivity index (χ0n) is 11.7. The molecule has 1 saturated carbocycles. The quantitative estimate of drug-likeness (QED) is 0.825. The van der Waals surface area contributed by atoms with Gasteiger partial charge in [-0.1, -0.05) is 0 Å². The number of furan rings is 1. The van der Waals surface area contributed by atoms with Crippen molar-refractivity contribution in [1.29, 1.82) is 0 Å². The van der Waals surface area contributed by atoms with Gasteiger partial charge in [0.1, 0.15) is 0 Å². The number of nitrogens with zero attached hydrogens (tertiary/aromatic N) is 1. The van der Waals surface area contributed by atoms with Crippen molar-refractivity contribution in [2.75, 3.05) is 20.3 Å². The van der Waals surface area contributed by atoms with Crippen LogP contribution in [-0.2, 0) is 4.74 Å². The lowest BCUT2D eigenvalue weighted by Crippen LogP contribution is -2.41. The van der Waals surface area contributed by atoms with Gasteiger partial charge in [0.05, 0.1) is 6.61 Å². The predicted molar refractivity (Wildman–Crippen MR) is 70.8 cm³/mol. The van der Waals surface area contributed by atoms with Gasteiger partial charge >= 0.3 is 5.97 Å². The normalized spacial score (nSPS) is 15.9. The van der Waals surface area contributed by atoms with Gasteiger partial charge in [-0.3, -0.25) is 4.79 Å². The number of ether oxygens (including phenoxy) is 1. The summed E-state index contributed by atoms with van der Waals surface area (Å²) in [6.45, 7) is 2.91. The second kappa shape index (κ2) is 6.09. The summed E-state index contributed by atoms with van der Waals surface area (Å²) < 4.78 is 10.1. The third kappa shape index (κ3) is 3.19. The first-order valence-electron chi connectivity index (χ1n) is 6.67. The van der Waals surface area contributed by atoms with Crippen molar-refractivity contribution in [1.82, 2.24) is 4.90 Å². The molecule has 0 radical (unpaired) electrons. The summed E-state index contributed by atoms with van der Waals surface area (Å²) in [6.07, 6.45) is 2.24. The number of hydrogen-bond donors (Lipinski definition) is 1. The Morgan fingerprint density at radius 1 is 1.45 bits per heavy atom. The molecule has 1 heterocycles. The number of carbonyl (C=O) groups excluding carboxylic acids is 1. The van der Waals surface area contributed by atoms with Gasteiger partial charge in [-0.15, -0.1) is 0 Å². The minimum absolute atomic E-state index is 0.0611. The average molecular weight is 281 g/mol. The molecule has 2 rings (SSSR count). The first-order chi connectivity index (χ1) is 9.54. The van der Waals surface area contributed by atoms with Gasteiger partial charge in [0.15, 0.2) is 5.76 Å². The predicted octanol–water partition coefficient (Wildman–Crippen LogP) is 1.86. The molecular formula is C14H19NO5. The van der Waals surface area contributed by atoms with E-state index in [1.165, 1.54) is 12.1 Å². The molecule has 1 aliphatic rings. The number of carbonyl (C=O) groups is 2. The topological polar surface area (TPSA) is 80.0 Å². The third-order valence-corrected chi connectivity index (χ3v) is 3.62. The van der Waals surface area contributed by atoms with Crippen molar-refractivity contribution in [3.8, 4) is 0 Å². The SMILES string of the molecule is COCCN(C(=O)c1ccc(C(=O)O)o1)C(C)C1CC1. The molecule has 6 heteroatoms. The number of carboxylic acids is 1. The fraction of sp³-hybridized carbons (Fsp3) is 0.571. The molecule has 6 nitrogen and oxygen atoms in total. The zero-order valence-corrected chi connectivity index (χ0v) is 11.7. The summed E-state index contributed by atoms with van der Waals surface area (Å²) >= 11 is 0. The van der Waals surface area contributed by atoms with Gasteiger partial charge in [0.25, 0.3) is 5.91 Å². The molecular weight excluding hydrogens is 262 g/mol. The second-order valence-corrected chi connectivity index (χ2v) is 5.04. The second-order valence-electron chi connectivity index (χ2n) is 5.04. The van der Waals surface area contributed by atoms with E-state index >= 15 is 0 Å². The molecule has 0 spiro atoms. The lowest BCUT2D eigenvalue weighted by molar-refractivity contribution is 0.0554. The number of rotatable bonds is 7. The van der Waals surface area contributed by atoms with E-state index in [9.17, 15) is 9.59 Å². The van der Waals surface area contributed by atoms with Crippen LogP contribution in [0.3, 0.4) is 0 Å². The lowest BCUT2D eigenvalue weighted by atomic mass is 10.1. The van der Waals surface area contributed by atoms with E-state index in [1.54, 1.807) is 12.0 Å². The van der Waals surface area contributed by atoms with Crippen LogP contribution in [0.25, 0.3) is 0 Å². The van der Waals surface area contributed by atoms with Crippen LogP contribution in [0.5, 0.6) is 0 Å². The Kier molecular flexibility index (Phi) is 4.44. The van der Waals surface area contributed by atoms with Gasteiger partial charge in [-0.25, -0.2) is 4.79 Å². The van der Waals surface area contributed by atoms with Gasteiger partial charge in [-0.2, -0.15) is 0 Å². The first-order valence-corrected chi connectivity index (χ1v) is 6.67. The minimum Gasteiger partial charge on any atom is -0.475 e. The summed E-state index contributed by atoms with van der Waals surface area (Å²) in [5.41, 5.74) is 0. The Bertz CT molecular complexity index is 492. The molecule has 1 aliphatic carbocycles. The maximum atomic E-state index is 12.4. The maximum Gasteiger partial charge on any atom is 0.371 e. The summed E-state index contributed by atoms with van der Waals surface area (Å²) in [7, 11) is 1.58. The number of hydrogen-bond acceptors (Lipinski definition) is 4. The fourth-order valence-electron chi connectivity index (χ4n) is 2.22. The molecule has 1 N–H and O–H groups in total. The van der Waals surface area contributed by atoms with E-state index in [0.29, 0.717) is 19.1 Å². The highest BCUT2D eigenvalue weighted by Crippen LogP contribution is 2.35. The molecule has 0 bridgehead atoms. The van der Waals surface area contributed by atoms with Crippen molar-refractivity contribution in [3.63, 3.8) is 0 Å². The summed E-state index contributed by atoms with van der Waals surface area (Å²) in [6, 6.07) is 2.81. The van der Waals surface area contributed by atoms with Crippen LogP contribution >= 0.6 is 0 Å². The summed E-state index contributed by atoms with van der Waals surface area (Å²) in [5.74, 6) is -1.11. The van der Waals surface area contributed by atoms with E-state index in [1.807, 2.05) is 6.92 Å². The number of carboxylic acid groups (broad SMARTS) is 1. The highest BCUT2D eigenvalue weighted by molar-refractivity contribution is 5.93. The Morgan fingerprint density at radius 3 is 2.60 bits per heavy atom. The van der Waals surface area contributed by atoms with Crippen molar-refractivity contribution in [3.05, 3.63) is 23.7 Å². The third-order valence-electron chi connectivity index (χ3n) is 3.62. The van der Waals surface area contributed by atoms with Gasteiger partial charge < -0.3 is 19.2 Å². The average Bonchev–Trinajstić information content (AvgIpc) is 3.15. The summed E-state index contributed by atoms with van der Waals surface area (Å²) in [5, 5.41) is 8.83.